The number of allylic oxidation sites excluding steroid dienone is 2. The molecule has 0 atom stereocenters. The van der Waals surface area contributed by atoms with Gasteiger partial charge in [-0.2, -0.15) is 0 Å². The second-order valence-electron chi connectivity index (χ2n) is 2.76. The van der Waals surface area contributed by atoms with E-state index < -0.39 is 0 Å². The molecule has 1 heteroatoms. The molecule has 0 rings (SSSR count). The third-order valence-electron chi connectivity index (χ3n) is 1.62. The van der Waals surface area contributed by atoms with Crippen molar-refractivity contribution in [2.45, 2.75) is 45.2 Å². The van der Waals surface area contributed by atoms with Crippen LogP contribution in [0.25, 0.3) is 0 Å². The fourth-order valence-corrected chi connectivity index (χ4v) is 1.52. The Labute approximate surface area is 67.5 Å². The topological polar surface area (TPSA) is 0 Å². The molecule has 0 aliphatic carbocycles. The molecule has 0 N–H and O–H groups in total. The van der Waals surface area contributed by atoms with E-state index in [0.717, 1.165) is 0 Å². The lowest BCUT2D eigenvalue weighted by molar-refractivity contribution is 0.812. The maximum absolute atomic E-state index is 2.37. The van der Waals surface area contributed by atoms with Crippen LogP contribution in [0.15, 0.2) is 12.2 Å². The summed E-state index contributed by atoms with van der Waals surface area (Å²) in [7, 11) is 0.323. The number of rotatable bonds is 6. The molecule has 0 heterocycles. The molecule has 0 amide bonds. The Morgan fingerprint density at radius 1 is 1.20 bits per heavy atom. The van der Waals surface area contributed by atoms with Gasteiger partial charge in [-0.25, -0.2) is 0 Å². The van der Waals surface area contributed by atoms with Gasteiger partial charge in [0.15, 0.2) is 0 Å². The summed E-state index contributed by atoms with van der Waals surface area (Å²) in [6.07, 6.45) is 10.0. The molecular weight excluding hydrogens is 136 g/mol. The Kier molecular flexibility index (Phi) is 8.92. The smallest absolute Gasteiger partial charge is 0.0170 e. The summed E-state index contributed by atoms with van der Waals surface area (Å²) in [6.45, 7) is 4.62. The minimum absolute atomic E-state index is 0.323. The van der Waals surface area contributed by atoms with Crippen molar-refractivity contribution in [2.75, 3.05) is 0 Å². The summed E-state index contributed by atoms with van der Waals surface area (Å²) in [5, 5.41) is 0. The molecule has 60 valence electrons. The van der Waals surface area contributed by atoms with Crippen molar-refractivity contribution in [3.05, 3.63) is 12.2 Å². The molecule has 0 aromatic heterocycles. The Morgan fingerprint density at radius 2 is 1.90 bits per heavy atom. The highest BCUT2D eigenvalue weighted by atomic mass is 28.2. The van der Waals surface area contributed by atoms with E-state index in [-0.39, 0.29) is 0 Å². The molecule has 0 nitrogen and oxygen atoms in total. The highest BCUT2D eigenvalue weighted by Gasteiger charge is 1.79. The molecule has 0 aliphatic heterocycles. The summed E-state index contributed by atoms with van der Waals surface area (Å²) < 4.78 is 0. The van der Waals surface area contributed by atoms with E-state index in [2.05, 4.69) is 25.6 Å². The van der Waals surface area contributed by atoms with Crippen molar-refractivity contribution >= 4 is 9.52 Å². The zero-order chi connectivity index (χ0) is 7.66. The van der Waals surface area contributed by atoms with Crippen molar-refractivity contribution in [3.8, 4) is 0 Å². The quantitative estimate of drug-likeness (QED) is 0.315. The van der Waals surface area contributed by atoms with Crippen molar-refractivity contribution in [3.63, 3.8) is 0 Å². The second kappa shape index (κ2) is 8.96. The molecule has 0 spiro atoms. The van der Waals surface area contributed by atoms with E-state index in [1.807, 2.05) is 0 Å². The molecule has 0 radical (unpaired) electrons. The number of hydrogen-bond acceptors (Lipinski definition) is 0. The highest BCUT2D eigenvalue weighted by Crippen LogP contribution is 1.97. The van der Waals surface area contributed by atoms with E-state index in [0.29, 0.717) is 9.52 Å². The Hall–Kier alpha value is -0.0431. The van der Waals surface area contributed by atoms with E-state index in [1.54, 1.807) is 0 Å². The largest absolute Gasteiger partial charge is 0.0888 e. The summed E-state index contributed by atoms with van der Waals surface area (Å²) in [5.41, 5.74) is 0. The Bertz CT molecular complexity index is 66.8. The third-order valence-corrected chi connectivity index (χ3v) is 2.73. The van der Waals surface area contributed by atoms with E-state index in [9.17, 15) is 0 Å². The van der Waals surface area contributed by atoms with Crippen LogP contribution >= 0.6 is 0 Å². The van der Waals surface area contributed by atoms with Gasteiger partial charge in [0, 0.05) is 9.52 Å². The van der Waals surface area contributed by atoms with Crippen LogP contribution in [0.2, 0.25) is 12.6 Å². The molecule has 0 aliphatic rings. The summed E-state index contributed by atoms with van der Waals surface area (Å²) in [4.78, 5) is 0. The van der Waals surface area contributed by atoms with Crippen LogP contribution in [-0.4, -0.2) is 9.52 Å². The second-order valence-corrected chi connectivity index (χ2v) is 4.46. The van der Waals surface area contributed by atoms with Crippen LogP contribution < -0.4 is 0 Å². The first-order valence-corrected chi connectivity index (χ1v) is 6.98. The standard InChI is InChI=1S/C9H20Si/c1-3-4-5-6-7-8-9-10-2/h6-7H,3-5,8-10H2,1-2H3. The minimum atomic E-state index is 0.323. The van der Waals surface area contributed by atoms with Gasteiger partial charge in [-0.15, -0.1) is 0 Å². The molecule has 0 saturated heterocycles. The van der Waals surface area contributed by atoms with Crippen LogP contribution in [0.3, 0.4) is 0 Å². The van der Waals surface area contributed by atoms with Gasteiger partial charge in [-0.05, 0) is 12.8 Å². The monoisotopic (exact) mass is 156 g/mol. The first kappa shape index (κ1) is 9.96. The first-order valence-electron chi connectivity index (χ1n) is 4.56. The molecule has 0 bridgehead atoms. The predicted octanol–water partition coefficient (Wildman–Crippen LogP) is 2.76. The van der Waals surface area contributed by atoms with Crippen LogP contribution in [0.5, 0.6) is 0 Å². The van der Waals surface area contributed by atoms with Crippen molar-refractivity contribution in [2.24, 2.45) is 0 Å². The van der Waals surface area contributed by atoms with Crippen molar-refractivity contribution in [1.82, 2.24) is 0 Å². The Balaban J connectivity index is 2.89. The van der Waals surface area contributed by atoms with Gasteiger partial charge in [0.25, 0.3) is 0 Å². The van der Waals surface area contributed by atoms with Crippen LogP contribution in [0.1, 0.15) is 32.6 Å². The third kappa shape index (κ3) is 7.96. The van der Waals surface area contributed by atoms with Crippen molar-refractivity contribution in [1.29, 1.82) is 0 Å². The van der Waals surface area contributed by atoms with Gasteiger partial charge in [0.1, 0.15) is 0 Å². The summed E-state index contributed by atoms with van der Waals surface area (Å²) in [5.74, 6) is 0. The number of unbranched alkanes of at least 4 members (excludes halogenated alkanes) is 2. The van der Waals surface area contributed by atoms with Crippen LogP contribution in [-0.2, 0) is 0 Å². The average molecular weight is 156 g/mol. The number of hydrogen-bond donors (Lipinski definition) is 0. The van der Waals surface area contributed by atoms with Gasteiger partial charge >= 0.3 is 0 Å². The zero-order valence-corrected chi connectivity index (χ0v) is 8.81. The van der Waals surface area contributed by atoms with Gasteiger partial charge < -0.3 is 0 Å². The van der Waals surface area contributed by atoms with Crippen molar-refractivity contribution < 1.29 is 0 Å². The van der Waals surface area contributed by atoms with E-state index in [1.165, 1.54) is 31.7 Å². The van der Waals surface area contributed by atoms with Crippen LogP contribution in [0, 0.1) is 0 Å². The maximum Gasteiger partial charge on any atom is 0.0170 e. The van der Waals surface area contributed by atoms with E-state index >= 15 is 0 Å². The van der Waals surface area contributed by atoms with Gasteiger partial charge in [-0.1, -0.05) is 44.5 Å². The highest BCUT2D eigenvalue weighted by molar-refractivity contribution is 6.33. The maximum atomic E-state index is 2.37. The SMILES string of the molecule is CCCCC=CCC[SiH2]C. The first-order chi connectivity index (χ1) is 4.91. The molecule has 0 aromatic carbocycles. The zero-order valence-electron chi connectivity index (χ0n) is 7.40. The van der Waals surface area contributed by atoms with Gasteiger partial charge in [-0.3, -0.25) is 0 Å². The van der Waals surface area contributed by atoms with Crippen LogP contribution in [0.4, 0.5) is 0 Å². The summed E-state index contributed by atoms with van der Waals surface area (Å²) >= 11 is 0. The Morgan fingerprint density at radius 3 is 2.50 bits per heavy atom. The fourth-order valence-electron chi connectivity index (χ4n) is 0.880. The minimum Gasteiger partial charge on any atom is -0.0888 e. The lowest BCUT2D eigenvalue weighted by Gasteiger charge is -1.89. The fraction of sp³-hybridized carbons (Fsp3) is 0.778. The molecule has 0 unspecified atom stereocenters. The summed E-state index contributed by atoms with van der Waals surface area (Å²) in [6, 6.07) is 1.49. The molecular formula is C9H20Si. The average Bonchev–Trinajstić information content (AvgIpc) is 1.97. The van der Waals surface area contributed by atoms with Gasteiger partial charge in [0.2, 0.25) is 0 Å². The molecule has 10 heavy (non-hydrogen) atoms. The lowest BCUT2D eigenvalue weighted by Crippen LogP contribution is -1.76. The lowest BCUT2D eigenvalue weighted by atomic mass is 10.2. The molecule has 0 saturated carbocycles. The van der Waals surface area contributed by atoms with E-state index in [4.69, 9.17) is 0 Å². The normalized spacial score (nSPS) is 12.2. The van der Waals surface area contributed by atoms with Gasteiger partial charge in [0.05, 0.1) is 0 Å². The predicted molar refractivity (Wildman–Crippen MR) is 52.5 cm³/mol. The molecule has 0 fully saturated rings. The molecule has 0 aromatic rings.